The number of nitrogens with one attached hydrogen (secondary N) is 2. The van der Waals surface area contributed by atoms with E-state index in [1.807, 2.05) is 19.2 Å². The minimum absolute atomic E-state index is 0.122. The molecule has 0 aromatic carbocycles. The van der Waals surface area contributed by atoms with Gasteiger partial charge in [0.25, 0.3) is 5.91 Å². The molecule has 3 heterocycles. The van der Waals surface area contributed by atoms with E-state index in [0.29, 0.717) is 11.5 Å². The molecule has 2 aromatic rings. The summed E-state index contributed by atoms with van der Waals surface area (Å²) in [7, 11) is 0. The Balaban J connectivity index is 1.83. The molecule has 6 nitrogen and oxygen atoms in total. The van der Waals surface area contributed by atoms with Gasteiger partial charge in [-0.2, -0.15) is 0 Å². The monoisotopic (exact) mass is 271 g/mol. The minimum Gasteiger partial charge on any atom is -0.347 e. The fraction of sp³-hybridized carbons (Fsp3) is 0.357. The van der Waals surface area contributed by atoms with Crippen LogP contribution in [-0.2, 0) is 0 Å². The van der Waals surface area contributed by atoms with Crippen LogP contribution in [0.15, 0.2) is 30.9 Å². The van der Waals surface area contributed by atoms with Crippen LogP contribution in [-0.4, -0.2) is 39.6 Å². The third kappa shape index (κ3) is 2.70. The summed E-state index contributed by atoms with van der Waals surface area (Å²) in [4.78, 5) is 20.7. The molecule has 1 saturated heterocycles. The molecule has 104 valence electrons. The van der Waals surface area contributed by atoms with Crippen molar-refractivity contribution in [2.24, 2.45) is 0 Å². The Morgan fingerprint density at radius 3 is 3.10 bits per heavy atom. The molecule has 0 saturated carbocycles. The average Bonchev–Trinajstić information content (AvgIpc) is 3.11. The van der Waals surface area contributed by atoms with Crippen LogP contribution in [0.25, 0.3) is 5.82 Å². The maximum absolute atomic E-state index is 12.2. The van der Waals surface area contributed by atoms with Crippen LogP contribution in [0.3, 0.4) is 0 Å². The normalized spacial score (nSPS) is 18.1. The van der Waals surface area contributed by atoms with Crippen LogP contribution in [0.2, 0.25) is 0 Å². The van der Waals surface area contributed by atoms with Crippen molar-refractivity contribution in [3.05, 3.63) is 42.1 Å². The highest BCUT2D eigenvalue weighted by molar-refractivity contribution is 5.92. The molecule has 0 radical (unpaired) electrons. The Kier molecular flexibility index (Phi) is 3.47. The number of aromatic nitrogens is 3. The van der Waals surface area contributed by atoms with Gasteiger partial charge in [-0.1, -0.05) is 0 Å². The number of nitrogens with zero attached hydrogens (tertiary/aromatic N) is 3. The second-order valence-electron chi connectivity index (χ2n) is 5.02. The number of carbonyl (C=O) groups excluding carboxylic acids is 1. The molecule has 1 fully saturated rings. The van der Waals surface area contributed by atoms with Crippen LogP contribution in [0.1, 0.15) is 22.5 Å². The molecular formula is C14H17N5O. The fourth-order valence-corrected chi connectivity index (χ4v) is 2.33. The van der Waals surface area contributed by atoms with E-state index < -0.39 is 0 Å². The molecular weight excluding hydrogens is 254 g/mol. The summed E-state index contributed by atoms with van der Waals surface area (Å²) in [6.07, 6.45) is 6.13. The number of amides is 1. The Hall–Kier alpha value is -2.21. The largest absolute Gasteiger partial charge is 0.347 e. The fourth-order valence-electron chi connectivity index (χ4n) is 2.33. The summed E-state index contributed by atoms with van der Waals surface area (Å²) in [5.74, 6) is 0.584. The Morgan fingerprint density at radius 1 is 1.50 bits per heavy atom. The Morgan fingerprint density at radius 2 is 2.40 bits per heavy atom. The molecule has 1 amide bonds. The highest BCUT2D eigenvalue weighted by Gasteiger charge is 2.18. The van der Waals surface area contributed by atoms with Crippen molar-refractivity contribution < 1.29 is 4.79 Å². The summed E-state index contributed by atoms with van der Waals surface area (Å²) < 4.78 is 1.79. The number of rotatable bonds is 3. The predicted molar refractivity (Wildman–Crippen MR) is 74.8 cm³/mol. The van der Waals surface area contributed by atoms with Crippen LogP contribution in [0, 0.1) is 6.92 Å². The molecule has 1 atom stereocenters. The zero-order valence-corrected chi connectivity index (χ0v) is 11.3. The quantitative estimate of drug-likeness (QED) is 0.860. The van der Waals surface area contributed by atoms with E-state index >= 15 is 0 Å². The Labute approximate surface area is 117 Å². The molecule has 0 unspecified atom stereocenters. The molecule has 20 heavy (non-hydrogen) atoms. The smallest absolute Gasteiger partial charge is 0.270 e. The van der Waals surface area contributed by atoms with Gasteiger partial charge in [0.15, 0.2) is 0 Å². The molecule has 2 N–H and O–H groups in total. The Bertz CT molecular complexity index is 602. The number of pyridine rings is 1. The zero-order chi connectivity index (χ0) is 13.9. The van der Waals surface area contributed by atoms with E-state index in [-0.39, 0.29) is 11.9 Å². The van der Waals surface area contributed by atoms with Gasteiger partial charge >= 0.3 is 0 Å². The van der Waals surface area contributed by atoms with Crippen molar-refractivity contribution in [2.45, 2.75) is 19.4 Å². The van der Waals surface area contributed by atoms with Gasteiger partial charge < -0.3 is 10.6 Å². The van der Waals surface area contributed by atoms with Gasteiger partial charge in [0.1, 0.15) is 17.8 Å². The van der Waals surface area contributed by atoms with Gasteiger partial charge in [-0.3, -0.25) is 9.36 Å². The highest BCUT2D eigenvalue weighted by atomic mass is 16.1. The van der Waals surface area contributed by atoms with Gasteiger partial charge in [-0.15, -0.1) is 0 Å². The molecule has 3 rings (SSSR count). The second kappa shape index (κ2) is 5.42. The van der Waals surface area contributed by atoms with Crippen molar-refractivity contribution in [1.82, 2.24) is 25.2 Å². The van der Waals surface area contributed by atoms with Crippen molar-refractivity contribution in [3.8, 4) is 5.82 Å². The summed E-state index contributed by atoms with van der Waals surface area (Å²) in [6.45, 7) is 3.73. The average molecular weight is 271 g/mol. The first-order valence-corrected chi connectivity index (χ1v) is 6.71. The van der Waals surface area contributed by atoms with Gasteiger partial charge in [0.2, 0.25) is 0 Å². The van der Waals surface area contributed by atoms with E-state index in [0.717, 1.165) is 25.1 Å². The summed E-state index contributed by atoms with van der Waals surface area (Å²) in [5.41, 5.74) is 1.44. The van der Waals surface area contributed by atoms with Crippen LogP contribution in [0.4, 0.5) is 0 Å². The number of hydrogen-bond donors (Lipinski definition) is 2. The van der Waals surface area contributed by atoms with Gasteiger partial charge in [-0.05, 0) is 37.6 Å². The summed E-state index contributed by atoms with van der Waals surface area (Å²) >= 11 is 0. The SMILES string of the molecule is Cc1cc(C(=O)N[C@@H]2CCNC2)nc(-n2ccnc2)c1. The number of carbonyl (C=O) groups is 1. The predicted octanol–water partition coefficient (Wildman–Crippen LogP) is 0.667. The highest BCUT2D eigenvalue weighted by Crippen LogP contribution is 2.10. The van der Waals surface area contributed by atoms with E-state index in [2.05, 4.69) is 20.6 Å². The van der Waals surface area contributed by atoms with Crippen molar-refractivity contribution in [2.75, 3.05) is 13.1 Å². The van der Waals surface area contributed by atoms with E-state index in [4.69, 9.17) is 0 Å². The summed E-state index contributed by atoms with van der Waals surface area (Å²) in [5, 5.41) is 6.23. The van der Waals surface area contributed by atoms with Crippen LogP contribution < -0.4 is 10.6 Å². The van der Waals surface area contributed by atoms with Crippen LogP contribution >= 0.6 is 0 Å². The van der Waals surface area contributed by atoms with E-state index in [1.165, 1.54) is 0 Å². The van der Waals surface area contributed by atoms with Crippen molar-refractivity contribution in [1.29, 1.82) is 0 Å². The maximum atomic E-state index is 12.2. The minimum atomic E-state index is -0.122. The standard InChI is InChI=1S/C14H17N5O/c1-10-6-12(14(20)17-11-2-3-15-8-11)18-13(7-10)19-5-4-16-9-19/h4-7,9,11,15H,2-3,8H2,1H3,(H,17,20)/t11-/m1/s1. The lowest BCUT2D eigenvalue weighted by Crippen LogP contribution is -2.36. The molecule has 0 spiro atoms. The van der Waals surface area contributed by atoms with E-state index in [9.17, 15) is 4.79 Å². The lowest BCUT2D eigenvalue weighted by atomic mass is 10.2. The third-order valence-corrected chi connectivity index (χ3v) is 3.35. The third-order valence-electron chi connectivity index (χ3n) is 3.35. The summed E-state index contributed by atoms with van der Waals surface area (Å²) in [6, 6.07) is 3.93. The van der Waals surface area contributed by atoms with Gasteiger partial charge in [-0.25, -0.2) is 9.97 Å². The topological polar surface area (TPSA) is 71.8 Å². The lowest BCUT2D eigenvalue weighted by Gasteiger charge is -2.12. The lowest BCUT2D eigenvalue weighted by molar-refractivity contribution is 0.0935. The molecule has 1 aliphatic heterocycles. The van der Waals surface area contributed by atoms with Crippen molar-refractivity contribution >= 4 is 5.91 Å². The molecule has 2 aromatic heterocycles. The first kappa shape index (κ1) is 12.8. The zero-order valence-electron chi connectivity index (χ0n) is 11.3. The van der Waals surface area contributed by atoms with Crippen LogP contribution in [0.5, 0.6) is 0 Å². The number of hydrogen-bond acceptors (Lipinski definition) is 4. The number of aryl methyl sites for hydroxylation is 1. The van der Waals surface area contributed by atoms with Crippen molar-refractivity contribution in [3.63, 3.8) is 0 Å². The number of imidazole rings is 1. The molecule has 6 heteroatoms. The molecule has 0 aliphatic carbocycles. The second-order valence-corrected chi connectivity index (χ2v) is 5.02. The van der Waals surface area contributed by atoms with E-state index in [1.54, 1.807) is 23.2 Å². The first-order chi connectivity index (χ1) is 9.72. The molecule has 0 bridgehead atoms. The van der Waals surface area contributed by atoms with Gasteiger partial charge in [0.05, 0.1) is 0 Å². The first-order valence-electron chi connectivity index (χ1n) is 6.71. The van der Waals surface area contributed by atoms with Gasteiger partial charge in [0, 0.05) is 25.0 Å². The molecule has 1 aliphatic rings. The maximum Gasteiger partial charge on any atom is 0.270 e.